The molecule has 0 aliphatic rings. The predicted octanol–water partition coefficient (Wildman–Crippen LogP) is 4.20. The molecule has 5 heteroatoms. The summed E-state index contributed by atoms with van der Waals surface area (Å²) in [5.74, 6) is 0.218. The lowest BCUT2D eigenvalue weighted by Crippen LogP contribution is -2.00. The molecular formula is C17H12N3O2. The van der Waals surface area contributed by atoms with Gasteiger partial charge in [0.1, 0.15) is 0 Å². The Balaban J connectivity index is 2.03. The molecule has 5 nitrogen and oxygen atoms in total. The van der Waals surface area contributed by atoms with E-state index in [1.54, 1.807) is 6.07 Å². The maximum atomic E-state index is 11.1. The number of para-hydroxylation sites is 1. The molecule has 0 saturated carbocycles. The Morgan fingerprint density at radius 3 is 2.64 bits per heavy atom. The first kappa shape index (κ1) is 13.8. The maximum Gasteiger partial charge on any atom is 0.311 e. The van der Waals surface area contributed by atoms with Crippen molar-refractivity contribution < 1.29 is 4.92 Å². The lowest BCUT2D eigenvalue weighted by Gasteiger charge is -2.11. The predicted molar refractivity (Wildman–Crippen MR) is 84.9 cm³/mol. The first-order valence-electron chi connectivity index (χ1n) is 6.68. The van der Waals surface area contributed by atoms with Crippen LogP contribution in [-0.2, 0) is 0 Å². The molecule has 1 aromatic heterocycles. The summed E-state index contributed by atoms with van der Waals surface area (Å²) in [6.07, 6.45) is 1.52. The van der Waals surface area contributed by atoms with Gasteiger partial charge in [-0.3, -0.25) is 10.1 Å². The van der Waals surface area contributed by atoms with Gasteiger partial charge in [0.15, 0.2) is 0 Å². The molecule has 0 aliphatic heterocycles. The molecule has 3 aromatic rings. The van der Waals surface area contributed by atoms with E-state index in [0.29, 0.717) is 0 Å². The van der Waals surface area contributed by atoms with Crippen LogP contribution in [0.2, 0.25) is 0 Å². The van der Waals surface area contributed by atoms with E-state index in [1.165, 1.54) is 12.3 Å². The fraction of sp³-hybridized carbons (Fsp3) is 0. The van der Waals surface area contributed by atoms with Crippen molar-refractivity contribution in [2.45, 2.75) is 0 Å². The van der Waals surface area contributed by atoms with Gasteiger partial charge in [-0.2, -0.15) is 0 Å². The van der Waals surface area contributed by atoms with Crippen LogP contribution >= 0.6 is 0 Å². The van der Waals surface area contributed by atoms with Crippen molar-refractivity contribution in [3.05, 3.63) is 83.0 Å². The van der Waals surface area contributed by atoms with Crippen LogP contribution in [-0.4, -0.2) is 9.91 Å². The highest BCUT2D eigenvalue weighted by Gasteiger charge is 2.15. The molecule has 0 unspecified atom stereocenters. The van der Waals surface area contributed by atoms with Gasteiger partial charge in [-0.15, -0.1) is 0 Å². The molecule has 0 bridgehead atoms. The summed E-state index contributed by atoms with van der Waals surface area (Å²) >= 11 is 0. The number of nitrogens with one attached hydrogen (secondary N) is 1. The van der Waals surface area contributed by atoms with Crippen molar-refractivity contribution in [3.63, 3.8) is 0 Å². The van der Waals surface area contributed by atoms with E-state index in [2.05, 4.69) is 16.4 Å². The van der Waals surface area contributed by atoms with Gasteiger partial charge in [0, 0.05) is 23.5 Å². The second kappa shape index (κ2) is 6.05. The number of nitro groups is 1. The summed E-state index contributed by atoms with van der Waals surface area (Å²) in [6, 6.07) is 21.3. The van der Waals surface area contributed by atoms with E-state index in [9.17, 15) is 10.1 Å². The lowest BCUT2D eigenvalue weighted by molar-refractivity contribution is -0.384. The van der Waals surface area contributed by atoms with E-state index in [4.69, 9.17) is 0 Å². The SMILES string of the molecule is O=[N+]([O-])c1cccnc1Nc1ccccc1-c1[c]cccc1. The molecule has 0 amide bonds. The minimum absolute atomic E-state index is 0.0608. The summed E-state index contributed by atoms with van der Waals surface area (Å²) < 4.78 is 0. The zero-order valence-electron chi connectivity index (χ0n) is 11.6. The Morgan fingerprint density at radius 2 is 1.86 bits per heavy atom. The molecular weight excluding hydrogens is 278 g/mol. The molecule has 1 heterocycles. The molecule has 0 saturated heterocycles. The van der Waals surface area contributed by atoms with E-state index in [0.717, 1.165) is 16.8 Å². The third-order valence-corrected chi connectivity index (χ3v) is 3.16. The quantitative estimate of drug-likeness (QED) is 0.577. The summed E-state index contributed by atoms with van der Waals surface area (Å²) in [5.41, 5.74) is 2.49. The van der Waals surface area contributed by atoms with Gasteiger partial charge in [0.05, 0.1) is 4.92 Å². The number of nitrogens with zero attached hydrogens (tertiary/aromatic N) is 2. The number of pyridine rings is 1. The monoisotopic (exact) mass is 290 g/mol. The third kappa shape index (κ3) is 2.78. The summed E-state index contributed by atoms with van der Waals surface area (Å²) in [4.78, 5) is 14.7. The Labute approximate surface area is 127 Å². The van der Waals surface area contributed by atoms with E-state index < -0.39 is 4.92 Å². The second-order valence-corrected chi connectivity index (χ2v) is 4.58. The molecule has 107 valence electrons. The zero-order chi connectivity index (χ0) is 15.4. The molecule has 1 radical (unpaired) electrons. The Hall–Kier alpha value is -3.21. The van der Waals surface area contributed by atoms with Crippen LogP contribution in [0.4, 0.5) is 17.2 Å². The standard InChI is InChI=1S/C17H12N3O2/c21-20(22)16-11-6-12-18-17(16)19-15-10-5-4-9-14(15)13-7-2-1-3-8-13/h1-7,9-12H,(H,18,19). The zero-order valence-corrected chi connectivity index (χ0v) is 11.6. The van der Waals surface area contributed by atoms with Gasteiger partial charge < -0.3 is 5.32 Å². The van der Waals surface area contributed by atoms with Crippen LogP contribution in [0.15, 0.2) is 66.9 Å². The summed E-state index contributed by atoms with van der Waals surface area (Å²) in [6.45, 7) is 0. The van der Waals surface area contributed by atoms with Crippen molar-refractivity contribution in [3.8, 4) is 11.1 Å². The minimum atomic E-state index is -0.452. The number of aromatic nitrogens is 1. The van der Waals surface area contributed by atoms with Gasteiger partial charge >= 0.3 is 5.69 Å². The number of anilines is 2. The molecule has 2 aromatic carbocycles. The van der Waals surface area contributed by atoms with Gasteiger partial charge in [0.2, 0.25) is 5.82 Å². The number of benzene rings is 2. The van der Waals surface area contributed by atoms with Crippen molar-refractivity contribution >= 4 is 17.2 Å². The number of rotatable bonds is 4. The Kier molecular flexibility index (Phi) is 3.78. The van der Waals surface area contributed by atoms with Crippen molar-refractivity contribution in [2.75, 3.05) is 5.32 Å². The topological polar surface area (TPSA) is 68.1 Å². The van der Waals surface area contributed by atoms with Crippen LogP contribution in [0.3, 0.4) is 0 Å². The first-order valence-corrected chi connectivity index (χ1v) is 6.68. The smallest absolute Gasteiger partial charge is 0.311 e. The van der Waals surface area contributed by atoms with Crippen LogP contribution in [0.5, 0.6) is 0 Å². The van der Waals surface area contributed by atoms with Crippen LogP contribution in [0.25, 0.3) is 11.1 Å². The number of hydrogen-bond donors (Lipinski definition) is 1. The summed E-state index contributed by atoms with van der Waals surface area (Å²) in [5, 5.41) is 14.1. The van der Waals surface area contributed by atoms with Gasteiger partial charge in [-0.1, -0.05) is 42.5 Å². The molecule has 1 N–H and O–H groups in total. The fourth-order valence-corrected chi connectivity index (χ4v) is 2.16. The Morgan fingerprint density at radius 1 is 1.05 bits per heavy atom. The van der Waals surface area contributed by atoms with Gasteiger partial charge in [-0.05, 0) is 23.8 Å². The highest BCUT2D eigenvalue weighted by Crippen LogP contribution is 2.31. The highest BCUT2D eigenvalue weighted by molar-refractivity contribution is 5.81. The van der Waals surface area contributed by atoms with E-state index in [1.807, 2.05) is 48.5 Å². The first-order chi connectivity index (χ1) is 10.8. The Bertz CT molecular complexity index is 804. The molecule has 22 heavy (non-hydrogen) atoms. The van der Waals surface area contributed by atoms with Crippen molar-refractivity contribution in [1.29, 1.82) is 0 Å². The second-order valence-electron chi connectivity index (χ2n) is 4.58. The molecule has 3 rings (SSSR count). The average Bonchev–Trinajstić information content (AvgIpc) is 2.56. The third-order valence-electron chi connectivity index (χ3n) is 3.16. The van der Waals surface area contributed by atoms with E-state index >= 15 is 0 Å². The summed E-state index contributed by atoms with van der Waals surface area (Å²) in [7, 11) is 0. The van der Waals surface area contributed by atoms with Crippen LogP contribution < -0.4 is 5.32 Å². The lowest BCUT2D eigenvalue weighted by atomic mass is 10.0. The largest absolute Gasteiger partial charge is 0.334 e. The highest BCUT2D eigenvalue weighted by atomic mass is 16.6. The van der Waals surface area contributed by atoms with Crippen molar-refractivity contribution in [1.82, 2.24) is 4.98 Å². The molecule has 0 atom stereocenters. The van der Waals surface area contributed by atoms with Gasteiger partial charge in [-0.25, -0.2) is 4.98 Å². The van der Waals surface area contributed by atoms with Gasteiger partial charge in [0.25, 0.3) is 0 Å². The van der Waals surface area contributed by atoms with Crippen LogP contribution in [0, 0.1) is 16.2 Å². The fourth-order valence-electron chi connectivity index (χ4n) is 2.16. The van der Waals surface area contributed by atoms with E-state index in [-0.39, 0.29) is 11.5 Å². The number of hydrogen-bond acceptors (Lipinski definition) is 4. The average molecular weight is 290 g/mol. The normalized spacial score (nSPS) is 10.2. The molecule has 0 aliphatic carbocycles. The molecule has 0 spiro atoms. The van der Waals surface area contributed by atoms with Crippen LogP contribution in [0.1, 0.15) is 0 Å². The minimum Gasteiger partial charge on any atom is -0.334 e. The van der Waals surface area contributed by atoms with Crippen molar-refractivity contribution in [2.24, 2.45) is 0 Å². The maximum absolute atomic E-state index is 11.1. The molecule has 0 fully saturated rings.